The summed E-state index contributed by atoms with van der Waals surface area (Å²) in [5.41, 5.74) is 0.228. The molecule has 2 aromatic rings. The third kappa shape index (κ3) is 2.98. The van der Waals surface area contributed by atoms with E-state index >= 15 is 0 Å². The van der Waals surface area contributed by atoms with Crippen molar-refractivity contribution in [1.29, 1.82) is 0 Å². The Morgan fingerprint density at radius 1 is 0.913 bits per heavy atom. The van der Waals surface area contributed by atoms with Gasteiger partial charge in [0.05, 0.1) is 4.92 Å². The number of nitrogens with zero attached hydrogens (tertiary/aromatic N) is 2. The molecule has 1 unspecified atom stereocenters. The van der Waals surface area contributed by atoms with Crippen molar-refractivity contribution in [3.63, 3.8) is 0 Å². The summed E-state index contributed by atoms with van der Waals surface area (Å²) in [6, 6.07) is 15.7. The van der Waals surface area contributed by atoms with Crippen LogP contribution in [0.15, 0.2) is 54.6 Å². The molecule has 2 aromatic carbocycles. The zero-order valence-electron chi connectivity index (χ0n) is 12.9. The van der Waals surface area contributed by atoms with Crippen molar-refractivity contribution >= 4 is 5.69 Å². The smallest absolute Gasteiger partial charge is 0.269 e. The van der Waals surface area contributed by atoms with Gasteiger partial charge in [0.2, 0.25) is 0 Å². The lowest BCUT2D eigenvalue weighted by molar-refractivity contribution is -0.384. The lowest BCUT2D eigenvalue weighted by Crippen LogP contribution is -2.49. The van der Waals surface area contributed by atoms with Crippen molar-refractivity contribution in [2.45, 2.75) is 25.0 Å². The molecular weight excluding hydrogens is 292 g/mol. The number of hydrogen-bond donors (Lipinski definition) is 1. The first-order valence-corrected chi connectivity index (χ1v) is 7.90. The topological polar surface area (TPSA) is 66.6 Å². The number of piperidine rings is 1. The Morgan fingerprint density at radius 2 is 1.48 bits per heavy atom. The van der Waals surface area contributed by atoms with Crippen LogP contribution in [0, 0.1) is 10.1 Å². The minimum absolute atomic E-state index is 0.0304. The molecule has 5 nitrogen and oxygen atoms in total. The number of benzene rings is 2. The fourth-order valence-electron chi connectivity index (χ4n) is 3.24. The van der Waals surface area contributed by atoms with Gasteiger partial charge in [-0.3, -0.25) is 15.0 Å². The lowest BCUT2D eigenvalue weighted by Gasteiger charge is -2.42. The average molecular weight is 312 g/mol. The normalized spacial score (nSPS) is 18.3. The van der Waals surface area contributed by atoms with Crippen LogP contribution in [0.25, 0.3) is 0 Å². The minimum Gasteiger partial charge on any atom is -0.367 e. The molecule has 3 rings (SSSR count). The number of non-ortho nitro benzene ring substituents is 1. The van der Waals surface area contributed by atoms with Crippen molar-refractivity contribution < 1.29 is 10.0 Å². The number of likely N-dealkylation sites (tertiary alicyclic amines) is 1. The maximum absolute atomic E-state index is 11.6. The van der Waals surface area contributed by atoms with Crippen LogP contribution in [0.4, 0.5) is 5.69 Å². The first-order valence-electron chi connectivity index (χ1n) is 7.90. The summed E-state index contributed by atoms with van der Waals surface area (Å²) in [4.78, 5) is 12.5. The summed E-state index contributed by atoms with van der Waals surface area (Å²) in [6.45, 7) is 1.62. The van der Waals surface area contributed by atoms with Gasteiger partial charge >= 0.3 is 0 Å². The molecule has 1 N–H and O–H groups in total. The van der Waals surface area contributed by atoms with E-state index in [1.54, 1.807) is 12.1 Å². The van der Waals surface area contributed by atoms with Crippen molar-refractivity contribution in [2.24, 2.45) is 0 Å². The summed E-state index contributed by atoms with van der Waals surface area (Å²) < 4.78 is 0. The van der Waals surface area contributed by atoms with E-state index < -0.39 is 10.6 Å². The van der Waals surface area contributed by atoms with Crippen molar-refractivity contribution in [2.75, 3.05) is 13.1 Å². The molecule has 1 aliphatic rings. The summed E-state index contributed by atoms with van der Waals surface area (Å²) in [5, 5.41) is 22.4. The SMILES string of the molecule is O=[N+]([O-])c1ccc(C(O)(c2ccccc2)N2CCCCC2)cc1. The van der Waals surface area contributed by atoms with E-state index in [-0.39, 0.29) is 5.69 Å². The van der Waals surface area contributed by atoms with Gasteiger partial charge < -0.3 is 5.11 Å². The number of aliphatic hydroxyl groups is 1. The Morgan fingerprint density at radius 3 is 2.04 bits per heavy atom. The van der Waals surface area contributed by atoms with Crippen LogP contribution in [0.3, 0.4) is 0 Å². The molecule has 120 valence electrons. The molecule has 1 aliphatic heterocycles. The Hall–Kier alpha value is -2.24. The predicted octanol–water partition coefficient (Wildman–Crippen LogP) is 3.27. The van der Waals surface area contributed by atoms with Gasteiger partial charge in [-0.2, -0.15) is 0 Å². The van der Waals surface area contributed by atoms with Gasteiger partial charge in [0, 0.05) is 36.3 Å². The molecule has 1 saturated heterocycles. The van der Waals surface area contributed by atoms with Gasteiger partial charge in [0.25, 0.3) is 5.69 Å². The largest absolute Gasteiger partial charge is 0.367 e. The fraction of sp³-hybridized carbons (Fsp3) is 0.333. The van der Waals surface area contributed by atoms with Crippen LogP contribution < -0.4 is 0 Å². The van der Waals surface area contributed by atoms with Crippen molar-refractivity contribution in [3.8, 4) is 0 Å². The van der Waals surface area contributed by atoms with E-state index in [0.717, 1.165) is 31.5 Å². The summed E-state index contributed by atoms with van der Waals surface area (Å²) in [5.74, 6) is 0. The van der Waals surface area contributed by atoms with Crippen LogP contribution in [-0.2, 0) is 5.72 Å². The zero-order valence-corrected chi connectivity index (χ0v) is 12.9. The molecule has 0 spiro atoms. The second-order valence-electron chi connectivity index (χ2n) is 5.89. The molecule has 0 aromatic heterocycles. The maximum Gasteiger partial charge on any atom is 0.269 e. The van der Waals surface area contributed by atoms with Crippen LogP contribution in [0.5, 0.6) is 0 Å². The van der Waals surface area contributed by atoms with E-state index in [1.807, 2.05) is 30.3 Å². The van der Waals surface area contributed by atoms with E-state index in [4.69, 9.17) is 0 Å². The Balaban J connectivity index is 2.05. The summed E-state index contributed by atoms with van der Waals surface area (Å²) in [7, 11) is 0. The molecule has 23 heavy (non-hydrogen) atoms. The molecule has 0 aliphatic carbocycles. The zero-order chi connectivity index (χ0) is 16.3. The van der Waals surface area contributed by atoms with Gasteiger partial charge in [-0.05, 0) is 25.0 Å². The van der Waals surface area contributed by atoms with E-state index in [9.17, 15) is 15.2 Å². The third-order valence-corrected chi connectivity index (χ3v) is 4.47. The lowest BCUT2D eigenvalue weighted by atomic mass is 9.90. The molecular formula is C18H20N2O3. The first kappa shape index (κ1) is 15.6. The van der Waals surface area contributed by atoms with Gasteiger partial charge in [-0.15, -0.1) is 0 Å². The molecule has 1 fully saturated rings. The van der Waals surface area contributed by atoms with E-state index in [0.29, 0.717) is 5.56 Å². The molecule has 5 heteroatoms. The molecule has 1 heterocycles. The third-order valence-electron chi connectivity index (χ3n) is 4.47. The van der Waals surface area contributed by atoms with E-state index in [1.165, 1.54) is 18.6 Å². The van der Waals surface area contributed by atoms with Crippen molar-refractivity contribution in [1.82, 2.24) is 4.90 Å². The predicted molar refractivity (Wildman–Crippen MR) is 88.0 cm³/mol. The van der Waals surface area contributed by atoms with Crippen LogP contribution >= 0.6 is 0 Å². The highest BCUT2D eigenvalue weighted by Gasteiger charge is 2.38. The second kappa shape index (κ2) is 6.48. The van der Waals surface area contributed by atoms with Crippen LogP contribution in [0.1, 0.15) is 30.4 Å². The van der Waals surface area contributed by atoms with Gasteiger partial charge in [0.15, 0.2) is 5.72 Å². The summed E-state index contributed by atoms with van der Waals surface area (Å²) >= 11 is 0. The fourth-order valence-corrected chi connectivity index (χ4v) is 3.24. The number of hydrogen-bond acceptors (Lipinski definition) is 4. The van der Waals surface area contributed by atoms with E-state index in [2.05, 4.69) is 4.90 Å². The van der Waals surface area contributed by atoms with Gasteiger partial charge in [-0.25, -0.2) is 0 Å². The molecule has 1 atom stereocenters. The summed E-state index contributed by atoms with van der Waals surface area (Å²) in [6.07, 6.45) is 3.26. The monoisotopic (exact) mass is 312 g/mol. The minimum atomic E-state index is -1.25. The first-order chi connectivity index (χ1) is 11.1. The molecule has 0 radical (unpaired) electrons. The molecule has 0 amide bonds. The highest BCUT2D eigenvalue weighted by Crippen LogP contribution is 2.36. The Labute approximate surface area is 135 Å². The number of rotatable bonds is 4. The molecule has 0 saturated carbocycles. The average Bonchev–Trinajstić information content (AvgIpc) is 2.62. The Bertz CT molecular complexity index is 666. The Kier molecular flexibility index (Phi) is 4.41. The maximum atomic E-state index is 11.6. The molecule has 0 bridgehead atoms. The van der Waals surface area contributed by atoms with Crippen LogP contribution in [-0.4, -0.2) is 28.0 Å². The second-order valence-corrected chi connectivity index (χ2v) is 5.89. The van der Waals surface area contributed by atoms with Crippen molar-refractivity contribution in [3.05, 3.63) is 75.8 Å². The van der Waals surface area contributed by atoms with Gasteiger partial charge in [-0.1, -0.05) is 36.8 Å². The number of nitro benzene ring substituents is 1. The highest BCUT2D eigenvalue weighted by molar-refractivity contribution is 5.40. The quantitative estimate of drug-likeness (QED) is 0.695. The standard InChI is InChI=1S/C18H20N2O3/c21-18(15-7-3-1-4-8-15,19-13-5-2-6-14-19)16-9-11-17(12-10-16)20(22)23/h1,3-4,7-12,21H,2,5-6,13-14H2. The van der Waals surface area contributed by atoms with Crippen LogP contribution in [0.2, 0.25) is 0 Å². The number of nitro groups is 1. The highest BCUT2D eigenvalue weighted by atomic mass is 16.6. The van der Waals surface area contributed by atoms with Gasteiger partial charge in [0.1, 0.15) is 0 Å².